The number of nitrogens with zero attached hydrogens (tertiary/aromatic N) is 1. The topological polar surface area (TPSA) is 109 Å². The van der Waals surface area contributed by atoms with Gasteiger partial charge in [0.2, 0.25) is 0 Å². The van der Waals surface area contributed by atoms with Crippen LogP contribution in [0, 0.1) is 0 Å². The van der Waals surface area contributed by atoms with Crippen molar-refractivity contribution in [1.82, 2.24) is 9.55 Å². The van der Waals surface area contributed by atoms with Crippen LogP contribution in [0.4, 0.5) is 0 Å². The summed E-state index contributed by atoms with van der Waals surface area (Å²) in [6, 6.07) is 1.25. The Morgan fingerprint density at radius 1 is 1.38 bits per heavy atom. The maximum Gasteiger partial charge on any atom is 0.356 e. The van der Waals surface area contributed by atoms with E-state index in [0.29, 0.717) is 12.8 Å². The van der Waals surface area contributed by atoms with Gasteiger partial charge in [0.15, 0.2) is 12.1 Å². The monoisotopic (exact) mass is 362 g/mol. The number of aromatic amines is 1. The van der Waals surface area contributed by atoms with E-state index in [1.54, 1.807) is 20.8 Å². The van der Waals surface area contributed by atoms with Crippen molar-refractivity contribution in [3.63, 3.8) is 0 Å². The van der Waals surface area contributed by atoms with Gasteiger partial charge in [-0.1, -0.05) is 0 Å². The van der Waals surface area contributed by atoms with Crippen LogP contribution in [-0.4, -0.2) is 34.9 Å². The molecule has 2 heterocycles. The fraction of sp³-hybridized carbons (Fsp3) is 0.714. The van der Waals surface area contributed by atoms with Gasteiger partial charge < -0.3 is 18.5 Å². The molecular weight excluding hydrogens is 339 g/mol. The van der Waals surface area contributed by atoms with E-state index in [1.165, 1.54) is 16.8 Å². The average Bonchev–Trinajstić information content (AvgIpc) is 2.89. The molecule has 0 amide bonds. The van der Waals surface area contributed by atoms with E-state index in [4.69, 9.17) is 18.5 Å². The highest BCUT2D eigenvalue weighted by molar-refractivity contribution is 7.53. The third-order valence-electron chi connectivity index (χ3n) is 3.57. The van der Waals surface area contributed by atoms with E-state index in [0.717, 1.165) is 0 Å². The van der Waals surface area contributed by atoms with E-state index < -0.39 is 30.9 Å². The average molecular weight is 362 g/mol. The van der Waals surface area contributed by atoms with E-state index >= 15 is 0 Å². The molecule has 9 nitrogen and oxygen atoms in total. The molecule has 1 aliphatic heterocycles. The molecule has 24 heavy (non-hydrogen) atoms. The molecule has 1 aliphatic rings. The molecule has 0 bridgehead atoms. The van der Waals surface area contributed by atoms with Crippen LogP contribution >= 0.6 is 7.60 Å². The first-order valence-corrected chi connectivity index (χ1v) is 9.55. The van der Waals surface area contributed by atoms with Gasteiger partial charge in [0.25, 0.3) is 5.56 Å². The fourth-order valence-electron chi connectivity index (χ4n) is 2.47. The van der Waals surface area contributed by atoms with Gasteiger partial charge in [0, 0.05) is 18.7 Å². The van der Waals surface area contributed by atoms with Gasteiger partial charge in [-0.2, -0.15) is 0 Å². The highest BCUT2D eigenvalue weighted by Gasteiger charge is 2.40. The van der Waals surface area contributed by atoms with Crippen molar-refractivity contribution >= 4 is 7.60 Å². The van der Waals surface area contributed by atoms with Crippen molar-refractivity contribution in [3.8, 4) is 0 Å². The molecule has 0 aliphatic carbocycles. The largest absolute Gasteiger partial charge is 0.356 e. The summed E-state index contributed by atoms with van der Waals surface area (Å²) in [5, 5.41) is 0. The number of rotatable bonds is 8. The standard InChI is InChI=1S/C14H23N2O7P/c1-4-21-24(19,22-5-2)10-20-14(3)8-6-12(23-14)16-9-7-11(17)15-13(16)18/h7,9,12H,4-6,8,10H2,1-3H3,(H,15,17,18)/t12-,14+/m1/s1. The molecule has 1 saturated heterocycles. The highest BCUT2D eigenvalue weighted by Crippen LogP contribution is 2.50. The zero-order valence-corrected chi connectivity index (χ0v) is 14.9. The minimum absolute atomic E-state index is 0.238. The molecule has 0 saturated carbocycles. The van der Waals surface area contributed by atoms with Gasteiger partial charge in [0.05, 0.1) is 13.2 Å². The van der Waals surface area contributed by atoms with Crippen molar-refractivity contribution in [2.45, 2.75) is 45.6 Å². The molecule has 10 heteroatoms. The lowest BCUT2D eigenvalue weighted by Crippen LogP contribution is -2.34. The van der Waals surface area contributed by atoms with Gasteiger partial charge >= 0.3 is 13.3 Å². The number of hydrogen-bond donors (Lipinski definition) is 1. The Morgan fingerprint density at radius 2 is 2.04 bits per heavy atom. The second kappa shape index (κ2) is 7.76. The lowest BCUT2D eigenvalue weighted by molar-refractivity contribution is -0.220. The van der Waals surface area contributed by atoms with Crippen LogP contribution in [0.5, 0.6) is 0 Å². The summed E-state index contributed by atoms with van der Waals surface area (Å²) in [6.07, 6.45) is 1.57. The predicted octanol–water partition coefficient (Wildman–Crippen LogP) is 1.80. The van der Waals surface area contributed by atoms with Crippen molar-refractivity contribution in [2.75, 3.05) is 19.6 Å². The van der Waals surface area contributed by atoms with Crippen LogP contribution in [0.25, 0.3) is 0 Å². The summed E-state index contributed by atoms with van der Waals surface area (Å²) in [6.45, 7) is 5.63. The van der Waals surface area contributed by atoms with E-state index in [9.17, 15) is 14.2 Å². The van der Waals surface area contributed by atoms with E-state index in [1.807, 2.05) is 0 Å². The maximum atomic E-state index is 12.4. The summed E-state index contributed by atoms with van der Waals surface area (Å²) in [5.74, 6) is -1.02. The first kappa shape index (κ1) is 19.1. The third-order valence-corrected chi connectivity index (χ3v) is 5.32. The highest BCUT2D eigenvalue weighted by atomic mass is 31.2. The molecule has 0 radical (unpaired) electrons. The number of aromatic nitrogens is 2. The second-order valence-electron chi connectivity index (χ2n) is 5.48. The van der Waals surface area contributed by atoms with Crippen molar-refractivity contribution in [2.24, 2.45) is 0 Å². The zero-order chi connectivity index (χ0) is 17.8. The van der Waals surface area contributed by atoms with Gasteiger partial charge in [0.1, 0.15) is 6.23 Å². The van der Waals surface area contributed by atoms with Gasteiger partial charge in [-0.05, 0) is 27.2 Å². The minimum atomic E-state index is -3.34. The number of ether oxygens (including phenoxy) is 2. The Morgan fingerprint density at radius 3 is 2.62 bits per heavy atom. The Bertz CT molecular complexity index is 706. The van der Waals surface area contributed by atoms with Crippen LogP contribution in [0.3, 0.4) is 0 Å². The summed E-state index contributed by atoms with van der Waals surface area (Å²) in [7, 11) is -3.34. The van der Waals surface area contributed by atoms with Crippen molar-refractivity contribution < 1.29 is 23.1 Å². The smallest absolute Gasteiger partial charge is 0.337 e. The lowest BCUT2D eigenvalue weighted by Gasteiger charge is -2.27. The quantitative estimate of drug-likeness (QED) is 0.702. The predicted molar refractivity (Wildman–Crippen MR) is 85.9 cm³/mol. The van der Waals surface area contributed by atoms with Crippen molar-refractivity contribution in [1.29, 1.82) is 0 Å². The first-order chi connectivity index (χ1) is 11.3. The number of H-pyrrole nitrogens is 1. The van der Waals surface area contributed by atoms with Crippen LogP contribution in [-0.2, 0) is 23.1 Å². The lowest BCUT2D eigenvalue weighted by atomic mass is 10.2. The summed E-state index contributed by atoms with van der Waals surface area (Å²) >= 11 is 0. The van der Waals surface area contributed by atoms with Crippen LogP contribution in [0.2, 0.25) is 0 Å². The summed E-state index contributed by atoms with van der Waals surface area (Å²) < 4.78 is 35.5. The van der Waals surface area contributed by atoms with Gasteiger partial charge in [-0.25, -0.2) is 4.79 Å². The molecule has 1 aromatic heterocycles. The zero-order valence-electron chi connectivity index (χ0n) is 14.0. The van der Waals surface area contributed by atoms with E-state index in [2.05, 4.69) is 4.98 Å². The van der Waals surface area contributed by atoms with Crippen LogP contribution in [0.15, 0.2) is 21.9 Å². The first-order valence-electron chi connectivity index (χ1n) is 7.82. The molecule has 0 aromatic carbocycles. The summed E-state index contributed by atoms with van der Waals surface area (Å²) in [5.41, 5.74) is -1.02. The molecular formula is C14H23N2O7P. The SMILES string of the molecule is CCOP(=O)(CO[C@]1(C)CC[C@H](n2ccc(=O)[nH]c2=O)O1)OCC. The molecule has 1 fully saturated rings. The maximum absolute atomic E-state index is 12.4. The van der Waals surface area contributed by atoms with E-state index in [-0.39, 0.29) is 19.6 Å². The third kappa shape index (κ3) is 4.64. The number of hydrogen-bond acceptors (Lipinski definition) is 7. The Kier molecular flexibility index (Phi) is 6.17. The molecule has 2 atom stereocenters. The normalized spacial score (nSPS) is 24.4. The van der Waals surface area contributed by atoms with Crippen molar-refractivity contribution in [3.05, 3.63) is 33.1 Å². The Labute approximate surface area is 139 Å². The summed E-state index contributed by atoms with van der Waals surface area (Å²) in [4.78, 5) is 25.1. The minimum Gasteiger partial charge on any atom is -0.337 e. The Balaban J connectivity index is 2.03. The molecule has 0 unspecified atom stereocenters. The Hall–Kier alpha value is -1.25. The molecule has 1 aromatic rings. The van der Waals surface area contributed by atoms with Crippen LogP contribution < -0.4 is 11.2 Å². The van der Waals surface area contributed by atoms with Crippen LogP contribution in [0.1, 0.15) is 39.8 Å². The number of nitrogens with one attached hydrogen (secondary N) is 1. The second-order valence-corrected chi connectivity index (χ2v) is 7.48. The molecule has 136 valence electrons. The van der Waals surface area contributed by atoms with Gasteiger partial charge in [-0.3, -0.25) is 18.9 Å². The molecule has 0 spiro atoms. The molecule has 2 rings (SSSR count). The van der Waals surface area contributed by atoms with Gasteiger partial charge in [-0.15, -0.1) is 0 Å². The fourth-order valence-corrected chi connectivity index (χ4v) is 3.91. The molecule has 1 N–H and O–H groups in total.